The Kier molecular flexibility index (Phi) is 6.68. The molecule has 1 aromatic carbocycles. The lowest BCUT2D eigenvalue weighted by Crippen LogP contribution is -2.20. The zero-order chi connectivity index (χ0) is 29.1. The van der Waals surface area contributed by atoms with E-state index in [-0.39, 0.29) is 23.2 Å². The lowest BCUT2D eigenvalue weighted by Gasteiger charge is -2.25. The second kappa shape index (κ2) is 9.98. The number of carbonyl (C=O) groups is 1. The largest absolute Gasteiger partial charge is 0.358 e. The molecule has 1 aliphatic carbocycles. The molecule has 6 rings (SSSR count). The highest BCUT2D eigenvalue weighted by atomic mass is 32.2. The summed E-state index contributed by atoms with van der Waals surface area (Å²) < 4.78 is 62.7. The van der Waals surface area contributed by atoms with Gasteiger partial charge in [-0.15, -0.1) is 0 Å². The van der Waals surface area contributed by atoms with Crippen LogP contribution in [0.15, 0.2) is 41.7 Å². The van der Waals surface area contributed by atoms with Gasteiger partial charge in [0.05, 0.1) is 39.9 Å². The van der Waals surface area contributed by atoms with Gasteiger partial charge in [-0.25, -0.2) is 32.2 Å². The van der Waals surface area contributed by atoms with Crippen molar-refractivity contribution in [3.63, 3.8) is 0 Å². The van der Waals surface area contributed by atoms with Crippen molar-refractivity contribution in [1.82, 2.24) is 24.1 Å². The zero-order valence-corrected chi connectivity index (χ0v) is 23.7. The highest BCUT2D eigenvalue weighted by Gasteiger charge is 2.60. The maximum Gasteiger partial charge on any atom is 0.258 e. The van der Waals surface area contributed by atoms with E-state index in [0.717, 1.165) is 25.5 Å². The molecule has 41 heavy (non-hydrogen) atoms. The SMILES string of the molecule is Cc1nc2c(Nc3ccc(-c4cn(C)cn4)cc3S(C)(=O)=O)cc(CC(=O)C3CC3(F)F)nc2n1C1CCCCO1. The summed E-state index contributed by atoms with van der Waals surface area (Å²) >= 11 is 0. The molecular weight excluding hydrogens is 554 g/mol. The first-order valence-electron chi connectivity index (χ1n) is 13.4. The van der Waals surface area contributed by atoms with Crippen molar-refractivity contribution in [2.24, 2.45) is 13.0 Å². The molecule has 1 aliphatic heterocycles. The van der Waals surface area contributed by atoms with Crippen molar-refractivity contribution in [3.05, 3.63) is 48.3 Å². The number of carbonyl (C=O) groups excluding carboxylic acids is 1. The molecule has 10 nitrogen and oxygen atoms in total. The Balaban J connectivity index is 1.45. The summed E-state index contributed by atoms with van der Waals surface area (Å²) in [6, 6.07) is 6.54. The molecule has 0 bridgehead atoms. The molecule has 4 aromatic rings. The summed E-state index contributed by atoms with van der Waals surface area (Å²) in [4.78, 5) is 26.5. The van der Waals surface area contributed by atoms with E-state index in [1.807, 2.05) is 18.5 Å². The third-order valence-corrected chi connectivity index (χ3v) is 8.68. The minimum absolute atomic E-state index is 0.0487. The molecule has 1 saturated carbocycles. The van der Waals surface area contributed by atoms with Crippen molar-refractivity contribution in [1.29, 1.82) is 0 Å². The Morgan fingerprint density at radius 1 is 1.20 bits per heavy atom. The standard InChI is InChI=1S/C28H30F2N6O4S/c1-16-32-26-21(34-20-8-7-17(10-24(20)41(3,38)39)22-14-35(2)15-31-22)11-18(12-23(37)19-13-28(19,29)30)33-27(26)36(16)25-6-4-5-9-40-25/h7-8,10-11,14-15,19,25H,4-6,9,12-13H2,1-3H3,(H,33,34). The number of nitrogens with one attached hydrogen (secondary N) is 1. The summed E-state index contributed by atoms with van der Waals surface area (Å²) in [5, 5.41) is 3.20. The number of hydrogen-bond acceptors (Lipinski definition) is 8. The number of benzene rings is 1. The molecule has 0 amide bonds. The van der Waals surface area contributed by atoms with Crippen molar-refractivity contribution in [3.8, 4) is 11.3 Å². The number of ether oxygens (including phenoxy) is 1. The van der Waals surface area contributed by atoms with Crippen LogP contribution in [0.25, 0.3) is 22.4 Å². The van der Waals surface area contributed by atoms with E-state index in [0.29, 0.717) is 46.2 Å². The van der Waals surface area contributed by atoms with E-state index in [4.69, 9.17) is 9.72 Å². The van der Waals surface area contributed by atoms with Crippen LogP contribution >= 0.6 is 0 Å². The third-order valence-electron chi connectivity index (χ3n) is 7.54. The summed E-state index contributed by atoms with van der Waals surface area (Å²) in [5.41, 5.74) is 3.14. The number of nitrogens with zero attached hydrogens (tertiary/aromatic N) is 5. The van der Waals surface area contributed by atoms with Crippen LogP contribution in [0.2, 0.25) is 0 Å². The number of imidazole rings is 2. The normalized spacial score (nSPS) is 20.3. The quantitative estimate of drug-likeness (QED) is 0.315. The molecular formula is C28H30F2N6O4S. The fraction of sp³-hybridized carbons (Fsp3) is 0.429. The second-order valence-electron chi connectivity index (χ2n) is 10.9. The average molecular weight is 585 g/mol. The van der Waals surface area contributed by atoms with Crippen molar-refractivity contribution in [2.45, 2.75) is 56.1 Å². The molecule has 2 atom stereocenters. The monoisotopic (exact) mass is 584 g/mol. The number of hydrogen-bond donors (Lipinski definition) is 1. The average Bonchev–Trinajstić information content (AvgIpc) is 3.19. The summed E-state index contributed by atoms with van der Waals surface area (Å²) in [6.07, 6.45) is 6.16. The number of pyridine rings is 1. The smallest absolute Gasteiger partial charge is 0.258 e. The fourth-order valence-corrected chi connectivity index (χ4v) is 6.20. The molecule has 3 aromatic heterocycles. The number of fused-ring (bicyclic) bond motifs is 1. The van der Waals surface area contributed by atoms with Gasteiger partial charge < -0.3 is 14.6 Å². The van der Waals surface area contributed by atoms with Gasteiger partial charge in [-0.1, -0.05) is 6.07 Å². The Labute approximate surface area is 235 Å². The number of anilines is 2. The number of Topliss-reactive ketones (excluding diaryl/α,β-unsaturated/α-hetero) is 1. The lowest BCUT2D eigenvalue weighted by atomic mass is 10.1. The second-order valence-corrected chi connectivity index (χ2v) is 12.9. The molecule has 2 aliphatic rings. The topological polar surface area (TPSA) is 121 Å². The van der Waals surface area contributed by atoms with Crippen LogP contribution in [0.4, 0.5) is 20.2 Å². The maximum atomic E-state index is 13.6. The van der Waals surface area contributed by atoms with Gasteiger partial charge in [-0.2, -0.15) is 0 Å². The molecule has 1 saturated heterocycles. The van der Waals surface area contributed by atoms with Gasteiger partial charge in [0.2, 0.25) is 0 Å². The predicted octanol–water partition coefficient (Wildman–Crippen LogP) is 4.75. The van der Waals surface area contributed by atoms with E-state index in [1.54, 1.807) is 41.4 Å². The Bertz CT molecular complexity index is 1780. The van der Waals surface area contributed by atoms with Gasteiger partial charge in [0.25, 0.3) is 5.92 Å². The molecule has 2 fully saturated rings. The maximum absolute atomic E-state index is 13.6. The first kappa shape index (κ1) is 27.5. The zero-order valence-electron chi connectivity index (χ0n) is 22.9. The fourth-order valence-electron chi connectivity index (χ4n) is 5.34. The summed E-state index contributed by atoms with van der Waals surface area (Å²) in [7, 11) is -1.87. The van der Waals surface area contributed by atoms with E-state index in [9.17, 15) is 22.0 Å². The van der Waals surface area contributed by atoms with Gasteiger partial charge in [-0.3, -0.25) is 9.36 Å². The third kappa shape index (κ3) is 5.35. The van der Waals surface area contributed by atoms with Gasteiger partial charge in [0, 0.05) is 44.5 Å². The number of rotatable bonds is 8. The molecule has 1 N–H and O–H groups in total. The van der Waals surface area contributed by atoms with E-state index in [2.05, 4.69) is 15.3 Å². The van der Waals surface area contributed by atoms with Crippen LogP contribution in [0.1, 0.15) is 43.4 Å². The molecule has 0 spiro atoms. The van der Waals surface area contributed by atoms with E-state index in [1.165, 1.54) is 0 Å². The van der Waals surface area contributed by atoms with Crippen LogP contribution in [0.5, 0.6) is 0 Å². The molecule has 216 valence electrons. The molecule has 2 unspecified atom stereocenters. The highest BCUT2D eigenvalue weighted by molar-refractivity contribution is 7.90. The van der Waals surface area contributed by atoms with Crippen molar-refractivity contribution < 1.29 is 26.7 Å². The van der Waals surface area contributed by atoms with Crippen LogP contribution < -0.4 is 5.32 Å². The predicted molar refractivity (Wildman–Crippen MR) is 148 cm³/mol. The van der Waals surface area contributed by atoms with Gasteiger partial charge >= 0.3 is 0 Å². The molecule has 0 radical (unpaired) electrons. The number of halogens is 2. The van der Waals surface area contributed by atoms with E-state index < -0.39 is 33.9 Å². The first-order valence-corrected chi connectivity index (χ1v) is 15.3. The van der Waals surface area contributed by atoms with Gasteiger partial charge in [0.15, 0.2) is 15.5 Å². The number of ketones is 1. The Morgan fingerprint density at radius 3 is 2.61 bits per heavy atom. The van der Waals surface area contributed by atoms with Crippen LogP contribution in [0, 0.1) is 12.8 Å². The minimum atomic E-state index is -3.69. The number of aryl methyl sites for hydroxylation is 2. The highest BCUT2D eigenvalue weighted by Crippen LogP contribution is 2.49. The van der Waals surface area contributed by atoms with Crippen molar-refractivity contribution in [2.75, 3.05) is 18.2 Å². The Hall–Kier alpha value is -3.71. The lowest BCUT2D eigenvalue weighted by molar-refractivity contribution is -0.121. The molecule has 13 heteroatoms. The number of aromatic nitrogens is 5. The van der Waals surface area contributed by atoms with Crippen LogP contribution in [-0.2, 0) is 32.8 Å². The van der Waals surface area contributed by atoms with Gasteiger partial charge in [0.1, 0.15) is 23.4 Å². The van der Waals surface area contributed by atoms with Crippen molar-refractivity contribution >= 4 is 38.2 Å². The van der Waals surface area contributed by atoms with E-state index >= 15 is 0 Å². The van der Waals surface area contributed by atoms with Gasteiger partial charge in [-0.05, 0) is 44.4 Å². The van der Waals surface area contributed by atoms with Crippen LogP contribution in [-0.4, -0.2) is 57.1 Å². The summed E-state index contributed by atoms with van der Waals surface area (Å²) in [6.45, 7) is 2.41. The number of sulfone groups is 1. The number of alkyl halides is 2. The minimum Gasteiger partial charge on any atom is -0.358 e. The van der Waals surface area contributed by atoms with Crippen LogP contribution in [0.3, 0.4) is 0 Å². The molecule has 4 heterocycles. The first-order chi connectivity index (χ1) is 19.4. The Morgan fingerprint density at radius 2 is 1.98 bits per heavy atom. The summed E-state index contributed by atoms with van der Waals surface area (Å²) in [5.74, 6) is -4.23.